The first-order chi connectivity index (χ1) is 13.3. The Morgan fingerprint density at radius 2 is 2.04 bits per heavy atom. The van der Waals surface area contributed by atoms with E-state index in [-0.39, 0.29) is 17.1 Å². The van der Waals surface area contributed by atoms with E-state index < -0.39 is 0 Å². The Hall–Kier alpha value is -3.49. The van der Waals surface area contributed by atoms with Gasteiger partial charge in [-0.15, -0.1) is 0 Å². The van der Waals surface area contributed by atoms with E-state index in [1.54, 1.807) is 6.20 Å². The minimum atomic E-state index is -0.231. The van der Waals surface area contributed by atoms with Crippen molar-refractivity contribution in [1.29, 1.82) is 0 Å². The number of carbonyl (C=O) groups excluding carboxylic acids is 1. The van der Waals surface area contributed by atoms with Crippen LogP contribution >= 0.6 is 0 Å². The molecule has 144 valence electrons. The van der Waals surface area contributed by atoms with Gasteiger partial charge in [-0.3, -0.25) is 4.79 Å². The Bertz CT molecular complexity index is 1050. The molecule has 0 atom stereocenters. The van der Waals surface area contributed by atoms with Gasteiger partial charge in [-0.1, -0.05) is 25.9 Å². The van der Waals surface area contributed by atoms with E-state index in [0.29, 0.717) is 36.1 Å². The van der Waals surface area contributed by atoms with Gasteiger partial charge in [0.05, 0.1) is 0 Å². The number of benzene rings is 1. The molecule has 0 bridgehead atoms. The summed E-state index contributed by atoms with van der Waals surface area (Å²) in [6.45, 7) is 6.00. The maximum Gasteiger partial charge on any atom is 0.263 e. The van der Waals surface area contributed by atoms with Crippen molar-refractivity contribution >= 4 is 29.0 Å². The number of carbonyl (C=O) groups is 1. The molecule has 0 saturated heterocycles. The van der Waals surface area contributed by atoms with E-state index in [1.165, 1.54) is 0 Å². The number of fused-ring (bicyclic) bond motifs is 1. The molecule has 1 amide bonds. The van der Waals surface area contributed by atoms with Crippen LogP contribution < -0.4 is 16.4 Å². The first-order valence-electron chi connectivity index (χ1n) is 8.96. The van der Waals surface area contributed by atoms with Crippen LogP contribution in [0.25, 0.3) is 11.5 Å². The number of hydrogen-bond acceptors (Lipinski definition) is 8. The van der Waals surface area contributed by atoms with E-state index >= 15 is 0 Å². The molecule has 0 fully saturated rings. The molecular weight excluding hydrogens is 358 g/mol. The molecule has 0 unspecified atom stereocenters. The number of amides is 1. The second kappa shape index (κ2) is 6.59. The lowest BCUT2D eigenvalue weighted by molar-refractivity contribution is -0.116. The summed E-state index contributed by atoms with van der Waals surface area (Å²) >= 11 is 0. The van der Waals surface area contributed by atoms with Gasteiger partial charge in [0.15, 0.2) is 5.82 Å². The minimum Gasteiger partial charge on any atom is -0.383 e. The lowest BCUT2D eigenvalue weighted by Crippen LogP contribution is -2.18. The molecule has 0 aliphatic carbocycles. The lowest BCUT2D eigenvalue weighted by atomic mass is 9.96. The average molecular weight is 379 g/mol. The zero-order valence-electron chi connectivity index (χ0n) is 15.9. The fourth-order valence-corrected chi connectivity index (χ4v) is 2.85. The highest BCUT2D eigenvalue weighted by molar-refractivity contribution is 5.94. The Morgan fingerprint density at radius 3 is 2.75 bits per heavy atom. The number of anilines is 4. The molecule has 9 nitrogen and oxygen atoms in total. The number of nitrogen functional groups attached to an aromatic ring is 1. The Balaban J connectivity index is 1.55. The van der Waals surface area contributed by atoms with Gasteiger partial charge in [0.25, 0.3) is 5.89 Å². The van der Waals surface area contributed by atoms with Crippen molar-refractivity contribution in [3.63, 3.8) is 0 Å². The van der Waals surface area contributed by atoms with Crippen LogP contribution in [0.3, 0.4) is 0 Å². The number of rotatable bonds is 3. The van der Waals surface area contributed by atoms with Crippen LogP contribution in [0.4, 0.5) is 23.1 Å². The third-order valence-corrected chi connectivity index (χ3v) is 4.40. The predicted molar refractivity (Wildman–Crippen MR) is 105 cm³/mol. The molecule has 1 aromatic carbocycles. The Labute approximate surface area is 161 Å². The molecule has 9 heteroatoms. The largest absolute Gasteiger partial charge is 0.383 e. The van der Waals surface area contributed by atoms with Crippen LogP contribution in [-0.4, -0.2) is 26.0 Å². The molecule has 3 aromatic rings. The number of aryl methyl sites for hydroxylation is 1. The van der Waals surface area contributed by atoms with Crippen molar-refractivity contribution < 1.29 is 9.32 Å². The third-order valence-electron chi connectivity index (χ3n) is 4.40. The number of hydrogen-bond donors (Lipinski definition) is 3. The van der Waals surface area contributed by atoms with Crippen molar-refractivity contribution in [2.75, 3.05) is 16.4 Å². The molecule has 3 heterocycles. The normalized spacial score (nSPS) is 13.8. The first-order valence-corrected chi connectivity index (χ1v) is 8.96. The van der Waals surface area contributed by atoms with Crippen molar-refractivity contribution in [1.82, 2.24) is 20.1 Å². The lowest BCUT2D eigenvalue weighted by Gasteiger charge is -2.17. The third kappa shape index (κ3) is 3.51. The van der Waals surface area contributed by atoms with Gasteiger partial charge in [-0.05, 0) is 30.2 Å². The van der Waals surface area contributed by atoms with Crippen LogP contribution in [0.2, 0.25) is 0 Å². The molecule has 0 saturated carbocycles. The summed E-state index contributed by atoms with van der Waals surface area (Å²) < 4.78 is 5.31. The van der Waals surface area contributed by atoms with Gasteiger partial charge < -0.3 is 20.9 Å². The van der Waals surface area contributed by atoms with Crippen molar-refractivity contribution in [2.24, 2.45) is 0 Å². The molecule has 0 spiro atoms. The van der Waals surface area contributed by atoms with Crippen molar-refractivity contribution in [3.05, 3.63) is 35.8 Å². The summed E-state index contributed by atoms with van der Waals surface area (Å²) in [7, 11) is 0. The standard InChI is InChI=1S/C19H21N7O2/c1-19(2,3)17-25-16(28-26-17)12-9-21-18(24-15(12)20)22-11-5-6-13-10(8-11)4-7-14(27)23-13/h5-6,8-9H,4,7H2,1-3H3,(H,23,27)(H3,20,21,22,24). The van der Waals surface area contributed by atoms with Crippen LogP contribution in [0.5, 0.6) is 0 Å². The zero-order chi connectivity index (χ0) is 19.9. The molecule has 0 radical (unpaired) electrons. The van der Waals surface area contributed by atoms with Crippen LogP contribution in [0.15, 0.2) is 28.9 Å². The van der Waals surface area contributed by atoms with Crippen molar-refractivity contribution in [3.8, 4) is 11.5 Å². The highest BCUT2D eigenvalue weighted by Crippen LogP contribution is 2.29. The second-order valence-corrected chi connectivity index (χ2v) is 7.71. The molecule has 1 aliphatic rings. The Morgan fingerprint density at radius 1 is 1.21 bits per heavy atom. The number of nitrogens with one attached hydrogen (secondary N) is 2. The smallest absolute Gasteiger partial charge is 0.263 e. The molecule has 4 N–H and O–H groups in total. The van der Waals surface area contributed by atoms with E-state index in [9.17, 15) is 4.79 Å². The van der Waals surface area contributed by atoms with E-state index in [1.807, 2.05) is 39.0 Å². The summed E-state index contributed by atoms with van der Waals surface area (Å²) in [5, 5.41) is 9.99. The quantitative estimate of drug-likeness (QED) is 0.632. The highest BCUT2D eigenvalue weighted by Gasteiger charge is 2.23. The number of nitrogens with two attached hydrogens (primary N) is 1. The molecule has 1 aliphatic heterocycles. The monoisotopic (exact) mass is 379 g/mol. The minimum absolute atomic E-state index is 0.0375. The fourth-order valence-electron chi connectivity index (χ4n) is 2.85. The average Bonchev–Trinajstić information content (AvgIpc) is 3.12. The topological polar surface area (TPSA) is 132 Å². The van der Waals surface area contributed by atoms with E-state index in [0.717, 1.165) is 16.9 Å². The van der Waals surface area contributed by atoms with Gasteiger partial charge in [-0.2, -0.15) is 9.97 Å². The molecule has 4 rings (SSSR count). The zero-order valence-corrected chi connectivity index (χ0v) is 15.9. The van der Waals surface area contributed by atoms with Gasteiger partial charge in [-0.25, -0.2) is 4.98 Å². The maximum absolute atomic E-state index is 11.5. The van der Waals surface area contributed by atoms with Gasteiger partial charge in [0.1, 0.15) is 11.4 Å². The van der Waals surface area contributed by atoms with Crippen LogP contribution in [0, 0.1) is 0 Å². The van der Waals surface area contributed by atoms with Crippen LogP contribution in [0.1, 0.15) is 38.6 Å². The summed E-state index contributed by atoms with van der Waals surface area (Å²) in [4.78, 5) is 24.5. The van der Waals surface area contributed by atoms with E-state index in [4.69, 9.17) is 10.3 Å². The summed E-state index contributed by atoms with van der Waals surface area (Å²) in [5.74, 6) is 1.52. The molecule has 2 aromatic heterocycles. The highest BCUT2D eigenvalue weighted by atomic mass is 16.5. The first kappa shape index (κ1) is 17.9. The molecular formula is C19H21N7O2. The number of nitrogens with zero attached hydrogens (tertiary/aromatic N) is 4. The SMILES string of the molecule is CC(C)(C)c1noc(-c2cnc(Nc3ccc4c(c3)CCC(=O)N4)nc2N)n1. The van der Waals surface area contributed by atoms with E-state index in [2.05, 4.69) is 30.7 Å². The fraction of sp³-hybridized carbons (Fsp3) is 0.316. The Kier molecular flexibility index (Phi) is 4.21. The summed E-state index contributed by atoms with van der Waals surface area (Å²) in [6.07, 6.45) is 2.74. The summed E-state index contributed by atoms with van der Waals surface area (Å²) in [6, 6.07) is 5.68. The predicted octanol–water partition coefficient (Wildman–Crippen LogP) is 3.03. The van der Waals surface area contributed by atoms with Gasteiger partial charge >= 0.3 is 0 Å². The molecule has 28 heavy (non-hydrogen) atoms. The van der Waals surface area contributed by atoms with Crippen molar-refractivity contribution in [2.45, 2.75) is 39.0 Å². The number of aromatic nitrogens is 4. The summed E-state index contributed by atoms with van der Waals surface area (Å²) in [5.41, 5.74) is 9.06. The maximum atomic E-state index is 11.5. The van der Waals surface area contributed by atoms with Gasteiger partial charge in [0.2, 0.25) is 11.9 Å². The second-order valence-electron chi connectivity index (χ2n) is 7.71. The van der Waals surface area contributed by atoms with Crippen LogP contribution in [-0.2, 0) is 16.6 Å². The van der Waals surface area contributed by atoms with Gasteiger partial charge in [0, 0.05) is 29.4 Å².